The van der Waals surface area contributed by atoms with Gasteiger partial charge in [0.25, 0.3) is 0 Å². The SMILES string of the molecule is CCCP1(=O)OP(=O)(CCC)OP(=O)(CCCOC(=O)c2ncc(OC(F)F)cc2C)O1. The highest BCUT2D eigenvalue weighted by Gasteiger charge is 2.51. The summed E-state index contributed by atoms with van der Waals surface area (Å²) in [6, 6.07) is 1.22. The zero-order chi connectivity index (χ0) is 24.0. The molecule has 2 unspecified atom stereocenters. The molecule has 0 aliphatic carbocycles. The van der Waals surface area contributed by atoms with Crippen LogP contribution in [-0.4, -0.2) is 42.7 Å². The Morgan fingerprint density at radius 2 is 1.56 bits per heavy atom. The number of rotatable bonds is 11. The number of ether oxygens (including phenoxy) is 2. The van der Waals surface area contributed by atoms with Crippen molar-refractivity contribution in [2.24, 2.45) is 0 Å². The zero-order valence-electron chi connectivity index (χ0n) is 17.9. The van der Waals surface area contributed by atoms with E-state index in [0.717, 1.165) is 6.20 Å². The molecule has 1 aliphatic rings. The van der Waals surface area contributed by atoms with E-state index in [2.05, 4.69) is 9.72 Å². The summed E-state index contributed by atoms with van der Waals surface area (Å²) in [7, 11) is -11.7. The van der Waals surface area contributed by atoms with Crippen molar-refractivity contribution >= 4 is 28.8 Å². The van der Waals surface area contributed by atoms with Gasteiger partial charge in [0.05, 0.1) is 31.3 Å². The standard InChI is InChI=1S/C17H26F2NO9P3/c1-4-8-30(22)27-31(23,9-5-2)29-32(24,28-30)10-6-7-25-16(21)15-13(3)11-14(12-20-15)26-17(18)19/h11-12,17H,4-10H2,1-3H3. The summed E-state index contributed by atoms with van der Waals surface area (Å²) in [6.07, 6.45) is 1.35. The molecule has 0 saturated carbocycles. The lowest BCUT2D eigenvalue weighted by atomic mass is 10.2. The smallest absolute Gasteiger partial charge is 0.387 e. The first-order valence-corrected chi connectivity index (χ1v) is 15.1. The van der Waals surface area contributed by atoms with E-state index in [1.165, 1.54) is 13.0 Å². The second kappa shape index (κ2) is 11.3. The van der Waals surface area contributed by atoms with Crippen molar-refractivity contribution < 1.29 is 49.7 Å². The number of carbonyl (C=O) groups excluding carboxylic acids is 1. The van der Waals surface area contributed by atoms with Gasteiger partial charge in [0.15, 0.2) is 5.69 Å². The van der Waals surface area contributed by atoms with Gasteiger partial charge in [0.2, 0.25) is 0 Å². The lowest BCUT2D eigenvalue weighted by Crippen LogP contribution is -2.14. The van der Waals surface area contributed by atoms with Crippen molar-refractivity contribution in [3.63, 3.8) is 0 Å². The lowest BCUT2D eigenvalue weighted by molar-refractivity contribution is -0.0501. The number of aromatic nitrogens is 1. The second-order valence-corrected chi connectivity index (χ2v) is 13.9. The highest BCUT2D eigenvalue weighted by atomic mass is 31.3. The molecule has 1 aliphatic heterocycles. The van der Waals surface area contributed by atoms with E-state index in [4.69, 9.17) is 17.7 Å². The molecule has 10 nitrogen and oxygen atoms in total. The molecular formula is C17H26F2NO9P3. The van der Waals surface area contributed by atoms with Crippen LogP contribution >= 0.6 is 22.8 Å². The Bertz CT molecular complexity index is 927. The Morgan fingerprint density at radius 3 is 2.03 bits per heavy atom. The van der Waals surface area contributed by atoms with Crippen LogP contribution in [0.3, 0.4) is 0 Å². The van der Waals surface area contributed by atoms with Crippen molar-refractivity contribution in [2.45, 2.75) is 46.6 Å². The van der Waals surface area contributed by atoms with Crippen molar-refractivity contribution in [2.75, 3.05) is 25.1 Å². The maximum absolute atomic E-state index is 13.0. The van der Waals surface area contributed by atoms with Gasteiger partial charge in [-0.3, -0.25) is 13.7 Å². The molecule has 182 valence electrons. The molecule has 1 fully saturated rings. The predicted octanol–water partition coefficient (Wildman–Crippen LogP) is 6.00. The number of hydrogen-bond donors (Lipinski definition) is 0. The van der Waals surface area contributed by atoms with Crippen LogP contribution in [-0.2, 0) is 31.4 Å². The number of halogens is 2. The van der Waals surface area contributed by atoms with E-state index in [1.807, 2.05) is 0 Å². The molecule has 2 atom stereocenters. The number of nitrogens with zero attached hydrogens (tertiary/aromatic N) is 1. The number of pyridine rings is 1. The van der Waals surface area contributed by atoms with Crippen LogP contribution in [0.15, 0.2) is 12.3 Å². The van der Waals surface area contributed by atoms with E-state index in [9.17, 15) is 27.3 Å². The van der Waals surface area contributed by atoms with E-state index >= 15 is 0 Å². The fourth-order valence-corrected chi connectivity index (χ4v) is 12.1. The molecule has 32 heavy (non-hydrogen) atoms. The van der Waals surface area contributed by atoms with Gasteiger partial charge in [-0.15, -0.1) is 0 Å². The molecule has 0 bridgehead atoms. The van der Waals surface area contributed by atoms with Crippen molar-refractivity contribution in [1.29, 1.82) is 0 Å². The Hall–Kier alpha value is -1.15. The minimum Gasteiger partial charge on any atom is -0.461 e. The first-order chi connectivity index (χ1) is 14.9. The van der Waals surface area contributed by atoms with Crippen LogP contribution in [0, 0.1) is 6.92 Å². The van der Waals surface area contributed by atoms with E-state index in [1.54, 1.807) is 13.8 Å². The summed E-state index contributed by atoms with van der Waals surface area (Å²) < 4.78 is 87.8. The molecule has 0 aromatic carbocycles. The molecule has 2 heterocycles. The average Bonchev–Trinajstić information content (AvgIpc) is 2.63. The van der Waals surface area contributed by atoms with Gasteiger partial charge in [-0.05, 0) is 37.8 Å². The van der Waals surface area contributed by atoms with Crippen LogP contribution in [0.25, 0.3) is 0 Å². The van der Waals surface area contributed by atoms with Gasteiger partial charge in [-0.25, -0.2) is 22.7 Å². The molecule has 1 aromatic heterocycles. The number of alkyl halides is 2. The quantitative estimate of drug-likeness (QED) is 0.195. The summed E-state index contributed by atoms with van der Waals surface area (Å²) in [4.78, 5) is 16.0. The molecular weight excluding hydrogens is 493 g/mol. The fourth-order valence-electron chi connectivity index (χ4n) is 2.83. The first-order valence-electron chi connectivity index (χ1n) is 9.93. The fraction of sp³-hybridized carbons (Fsp3) is 0.647. The van der Waals surface area contributed by atoms with E-state index in [-0.39, 0.29) is 48.5 Å². The van der Waals surface area contributed by atoms with Gasteiger partial charge in [-0.1, -0.05) is 13.8 Å². The topological polar surface area (TPSA) is 127 Å². The number of esters is 1. The van der Waals surface area contributed by atoms with Gasteiger partial charge in [0.1, 0.15) is 5.75 Å². The van der Waals surface area contributed by atoms with Crippen molar-refractivity contribution in [3.8, 4) is 5.75 Å². The minimum absolute atomic E-state index is 0.00705. The molecule has 0 N–H and O–H groups in total. The van der Waals surface area contributed by atoms with Crippen LogP contribution in [0.5, 0.6) is 5.75 Å². The van der Waals surface area contributed by atoms with Crippen LogP contribution in [0.2, 0.25) is 0 Å². The summed E-state index contributed by atoms with van der Waals surface area (Å²) in [5.41, 5.74) is 0.162. The third-order valence-corrected chi connectivity index (χ3v) is 12.8. The van der Waals surface area contributed by atoms with Gasteiger partial charge < -0.3 is 9.47 Å². The Labute approximate surface area is 184 Å². The molecule has 1 saturated heterocycles. The maximum Gasteiger partial charge on any atom is 0.387 e. The Kier molecular flexibility index (Phi) is 9.58. The Morgan fingerprint density at radius 1 is 1.03 bits per heavy atom. The number of hydrogen-bond acceptors (Lipinski definition) is 10. The Balaban J connectivity index is 1.97. The van der Waals surface area contributed by atoms with Gasteiger partial charge in [-0.2, -0.15) is 8.78 Å². The first kappa shape index (κ1) is 27.1. The van der Waals surface area contributed by atoms with Crippen molar-refractivity contribution in [1.82, 2.24) is 4.98 Å². The van der Waals surface area contributed by atoms with Gasteiger partial charge >= 0.3 is 35.4 Å². The molecule has 0 radical (unpaired) electrons. The highest BCUT2D eigenvalue weighted by molar-refractivity contribution is 7.80. The molecule has 1 aromatic rings. The third-order valence-electron chi connectivity index (χ3n) is 4.02. The van der Waals surface area contributed by atoms with Crippen molar-refractivity contribution in [3.05, 3.63) is 23.5 Å². The summed E-state index contributed by atoms with van der Waals surface area (Å²) in [5, 5.41) is 0. The lowest BCUT2D eigenvalue weighted by Gasteiger charge is -2.34. The maximum atomic E-state index is 13.0. The minimum atomic E-state index is -4.02. The summed E-state index contributed by atoms with van der Waals surface area (Å²) >= 11 is 0. The molecule has 0 amide bonds. The molecule has 15 heteroatoms. The predicted molar refractivity (Wildman–Crippen MR) is 112 cm³/mol. The largest absolute Gasteiger partial charge is 0.461 e. The van der Waals surface area contributed by atoms with E-state index < -0.39 is 35.4 Å². The van der Waals surface area contributed by atoms with Gasteiger partial charge in [0, 0.05) is 0 Å². The highest BCUT2D eigenvalue weighted by Crippen LogP contribution is 2.82. The number of aryl methyl sites for hydroxylation is 1. The monoisotopic (exact) mass is 519 g/mol. The van der Waals surface area contributed by atoms with Crippen LogP contribution in [0.4, 0.5) is 8.78 Å². The van der Waals surface area contributed by atoms with E-state index in [0.29, 0.717) is 12.8 Å². The normalized spacial score (nSPS) is 27.9. The summed E-state index contributed by atoms with van der Waals surface area (Å²) in [6.45, 7) is 1.67. The summed E-state index contributed by atoms with van der Waals surface area (Å²) in [5.74, 6) is -1.03. The number of carbonyl (C=O) groups is 1. The average molecular weight is 519 g/mol. The molecule has 0 spiro atoms. The van der Waals surface area contributed by atoms with Crippen LogP contribution < -0.4 is 4.74 Å². The molecule has 2 rings (SSSR count). The third kappa shape index (κ3) is 7.72. The zero-order valence-corrected chi connectivity index (χ0v) is 20.6. The second-order valence-electron chi connectivity index (χ2n) is 6.95. The van der Waals surface area contributed by atoms with Crippen LogP contribution in [0.1, 0.15) is 49.2 Å².